The maximum absolute atomic E-state index is 11.6. The lowest BCUT2D eigenvalue weighted by atomic mass is 9.72. The van der Waals surface area contributed by atoms with E-state index in [0.717, 1.165) is 25.2 Å². The first-order valence-electron chi connectivity index (χ1n) is 8.80. The standard InChI is InChI=1S/C20H30O/c1-15-16(8-6-4-5-7-11-19(15,2)3)12-18-13-20(18,14-21)17-9-10-17/h5,7-8,14-15,17-18H,4,6,9-13H2,1-3H3. The fourth-order valence-corrected chi connectivity index (χ4v) is 4.26. The van der Waals surface area contributed by atoms with Crippen LogP contribution in [0.3, 0.4) is 0 Å². The van der Waals surface area contributed by atoms with Crippen molar-refractivity contribution in [3.8, 4) is 0 Å². The van der Waals surface area contributed by atoms with Crippen LogP contribution in [-0.4, -0.2) is 6.29 Å². The number of carbonyl (C=O) groups is 1. The second-order valence-corrected chi connectivity index (χ2v) is 8.35. The highest BCUT2D eigenvalue weighted by molar-refractivity contribution is 5.66. The van der Waals surface area contributed by atoms with E-state index >= 15 is 0 Å². The van der Waals surface area contributed by atoms with Gasteiger partial charge in [0.2, 0.25) is 0 Å². The average molecular weight is 286 g/mol. The van der Waals surface area contributed by atoms with Gasteiger partial charge in [0.1, 0.15) is 6.29 Å². The number of hydrogen-bond donors (Lipinski definition) is 0. The zero-order valence-corrected chi connectivity index (χ0v) is 13.9. The van der Waals surface area contributed by atoms with Crippen molar-refractivity contribution < 1.29 is 4.79 Å². The Bertz CT molecular complexity index is 466. The molecule has 0 aromatic carbocycles. The van der Waals surface area contributed by atoms with Crippen molar-refractivity contribution in [2.45, 2.75) is 65.7 Å². The van der Waals surface area contributed by atoms with Crippen molar-refractivity contribution in [3.05, 3.63) is 23.8 Å². The topological polar surface area (TPSA) is 17.1 Å². The third kappa shape index (κ3) is 2.89. The maximum Gasteiger partial charge on any atom is 0.126 e. The Morgan fingerprint density at radius 1 is 1.24 bits per heavy atom. The Morgan fingerprint density at radius 3 is 2.67 bits per heavy atom. The van der Waals surface area contributed by atoms with Crippen LogP contribution in [0.15, 0.2) is 23.8 Å². The Balaban J connectivity index is 1.72. The van der Waals surface area contributed by atoms with Crippen molar-refractivity contribution in [1.82, 2.24) is 0 Å². The van der Waals surface area contributed by atoms with Gasteiger partial charge in [-0.15, -0.1) is 0 Å². The molecule has 3 aliphatic carbocycles. The highest BCUT2D eigenvalue weighted by Crippen LogP contribution is 2.66. The second kappa shape index (κ2) is 5.41. The van der Waals surface area contributed by atoms with Gasteiger partial charge in [-0.05, 0) is 68.1 Å². The minimum atomic E-state index is 0.0847. The summed E-state index contributed by atoms with van der Waals surface area (Å²) in [7, 11) is 0. The Morgan fingerprint density at radius 2 is 2.00 bits per heavy atom. The Hall–Kier alpha value is -0.850. The fraction of sp³-hybridized carbons (Fsp3) is 0.750. The van der Waals surface area contributed by atoms with Gasteiger partial charge in [0, 0.05) is 5.41 Å². The molecule has 3 rings (SSSR count). The minimum absolute atomic E-state index is 0.0847. The molecule has 0 aliphatic heterocycles. The predicted octanol–water partition coefficient (Wildman–Crippen LogP) is 5.32. The lowest BCUT2D eigenvalue weighted by Gasteiger charge is -2.33. The molecule has 0 bridgehead atoms. The first-order chi connectivity index (χ1) is 9.99. The van der Waals surface area contributed by atoms with Crippen molar-refractivity contribution >= 4 is 6.29 Å². The van der Waals surface area contributed by atoms with Crippen LogP contribution in [0.25, 0.3) is 0 Å². The van der Waals surface area contributed by atoms with Crippen molar-refractivity contribution in [1.29, 1.82) is 0 Å². The van der Waals surface area contributed by atoms with Gasteiger partial charge in [-0.3, -0.25) is 0 Å². The fourth-order valence-electron chi connectivity index (χ4n) is 4.26. The van der Waals surface area contributed by atoms with Gasteiger partial charge in [-0.2, -0.15) is 0 Å². The van der Waals surface area contributed by atoms with Crippen LogP contribution >= 0.6 is 0 Å². The lowest BCUT2D eigenvalue weighted by molar-refractivity contribution is -0.113. The number of rotatable bonds is 4. The molecule has 2 saturated carbocycles. The summed E-state index contributed by atoms with van der Waals surface area (Å²) in [4.78, 5) is 11.6. The maximum atomic E-state index is 11.6. The van der Waals surface area contributed by atoms with E-state index in [9.17, 15) is 4.79 Å². The van der Waals surface area contributed by atoms with Crippen LogP contribution in [0.2, 0.25) is 0 Å². The highest BCUT2D eigenvalue weighted by Gasteiger charge is 2.62. The molecule has 116 valence electrons. The molecular formula is C20H30O. The molecule has 0 N–H and O–H groups in total. The van der Waals surface area contributed by atoms with Crippen LogP contribution in [-0.2, 0) is 4.79 Å². The summed E-state index contributed by atoms with van der Waals surface area (Å²) in [6.45, 7) is 7.18. The molecule has 1 nitrogen and oxygen atoms in total. The van der Waals surface area contributed by atoms with Gasteiger partial charge in [-0.1, -0.05) is 44.6 Å². The Labute approximate surface area is 129 Å². The number of hydrogen-bond acceptors (Lipinski definition) is 1. The molecule has 1 heteroatoms. The first-order valence-corrected chi connectivity index (χ1v) is 8.80. The van der Waals surface area contributed by atoms with E-state index in [0.29, 0.717) is 17.3 Å². The van der Waals surface area contributed by atoms with Crippen LogP contribution in [0.4, 0.5) is 0 Å². The molecule has 0 radical (unpaired) electrons. The molecule has 0 spiro atoms. The molecule has 3 unspecified atom stereocenters. The molecule has 3 atom stereocenters. The number of allylic oxidation sites excluding steroid dienone is 4. The molecule has 0 amide bonds. The molecular weight excluding hydrogens is 256 g/mol. The van der Waals surface area contributed by atoms with Crippen molar-refractivity contribution in [2.75, 3.05) is 0 Å². The summed E-state index contributed by atoms with van der Waals surface area (Å²) in [6, 6.07) is 0. The normalized spacial score (nSPS) is 38.9. The molecule has 2 fully saturated rings. The van der Waals surface area contributed by atoms with E-state index in [2.05, 4.69) is 39.0 Å². The van der Waals surface area contributed by atoms with Crippen LogP contribution in [0, 0.1) is 28.6 Å². The number of aldehydes is 1. The van der Waals surface area contributed by atoms with E-state index < -0.39 is 0 Å². The largest absolute Gasteiger partial charge is 0.303 e. The van der Waals surface area contributed by atoms with Crippen LogP contribution < -0.4 is 0 Å². The van der Waals surface area contributed by atoms with Gasteiger partial charge in [0.15, 0.2) is 0 Å². The van der Waals surface area contributed by atoms with Crippen LogP contribution in [0.5, 0.6) is 0 Å². The molecule has 0 aromatic rings. The summed E-state index contributed by atoms with van der Waals surface area (Å²) >= 11 is 0. The molecule has 3 aliphatic rings. The van der Waals surface area contributed by atoms with Crippen molar-refractivity contribution in [2.24, 2.45) is 28.6 Å². The number of carbonyl (C=O) groups excluding carboxylic acids is 1. The summed E-state index contributed by atoms with van der Waals surface area (Å²) in [5, 5.41) is 0. The smallest absolute Gasteiger partial charge is 0.126 e. The van der Waals surface area contributed by atoms with Crippen molar-refractivity contribution in [3.63, 3.8) is 0 Å². The molecule has 0 heterocycles. The van der Waals surface area contributed by atoms with E-state index in [4.69, 9.17) is 0 Å². The van der Waals surface area contributed by atoms with E-state index in [1.165, 1.54) is 32.0 Å². The van der Waals surface area contributed by atoms with E-state index in [1.807, 2.05) is 0 Å². The first kappa shape index (κ1) is 15.1. The summed E-state index contributed by atoms with van der Waals surface area (Å²) < 4.78 is 0. The quantitative estimate of drug-likeness (QED) is 0.505. The van der Waals surface area contributed by atoms with Gasteiger partial charge in [-0.25, -0.2) is 0 Å². The zero-order valence-electron chi connectivity index (χ0n) is 13.9. The second-order valence-electron chi connectivity index (χ2n) is 8.35. The summed E-state index contributed by atoms with van der Waals surface area (Å²) in [5.74, 6) is 1.98. The molecule has 0 aromatic heterocycles. The molecule has 0 saturated heterocycles. The SMILES string of the molecule is CC1C(CC2CC2(C=O)C2CC2)=CCCC=CCC1(C)C. The predicted molar refractivity (Wildman–Crippen MR) is 88.0 cm³/mol. The Kier molecular flexibility index (Phi) is 3.88. The third-order valence-corrected chi connectivity index (χ3v) is 6.52. The van der Waals surface area contributed by atoms with Gasteiger partial charge in [0.25, 0.3) is 0 Å². The highest BCUT2D eigenvalue weighted by atomic mass is 16.1. The van der Waals surface area contributed by atoms with Gasteiger partial charge >= 0.3 is 0 Å². The monoisotopic (exact) mass is 286 g/mol. The zero-order chi connectivity index (χ0) is 15.1. The summed E-state index contributed by atoms with van der Waals surface area (Å²) in [5.41, 5.74) is 2.03. The minimum Gasteiger partial charge on any atom is -0.303 e. The lowest BCUT2D eigenvalue weighted by Crippen LogP contribution is -2.23. The van der Waals surface area contributed by atoms with E-state index in [1.54, 1.807) is 5.57 Å². The van der Waals surface area contributed by atoms with E-state index in [-0.39, 0.29) is 5.41 Å². The van der Waals surface area contributed by atoms with Crippen LogP contribution in [0.1, 0.15) is 65.7 Å². The molecule has 21 heavy (non-hydrogen) atoms. The van der Waals surface area contributed by atoms with Gasteiger partial charge in [0.05, 0.1) is 0 Å². The third-order valence-electron chi connectivity index (χ3n) is 6.52. The van der Waals surface area contributed by atoms with Gasteiger partial charge < -0.3 is 4.79 Å². The summed E-state index contributed by atoms with van der Waals surface area (Å²) in [6.07, 6.45) is 16.9. The average Bonchev–Trinajstić information content (AvgIpc) is 3.33.